The van der Waals surface area contributed by atoms with E-state index in [-0.39, 0.29) is 5.91 Å². The van der Waals surface area contributed by atoms with Gasteiger partial charge in [0.1, 0.15) is 0 Å². The molecule has 0 unspecified atom stereocenters. The summed E-state index contributed by atoms with van der Waals surface area (Å²) in [7, 11) is 0. The van der Waals surface area contributed by atoms with Gasteiger partial charge >= 0.3 is 0 Å². The van der Waals surface area contributed by atoms with Gasteiger partial charge in [-0.3, -0.25) is 9.59 Å². The molecule has 142 valence electrons. The molecule has 0 radical (unpaired) electrons. The van der Waals surface area contributed by atoms with E-state index in [4.69, 9.17) is 15.6 Å². The van der Waals surface area contributed by atoms with Crippen molar-refractivity contribution in [2.45, 2.75) is 44.1 Å². The number of primary amides is 1. The van der Waals surface area contributed by atoms with Gasteiger partial charge in [0, 0.05) is 13.0 Å². The Morgan fingerprint density at radius 2 is 1.56 bits per heavy atom. The van der Waals surface area contributed by atoms with E-state index in [0.717, 1.165) is 48.6 Å². The third-order valence-corrected chi connectivity index (χ3v) is 5.22. The van der Waals surface area contributed by atoms with Gasteiger partial charge in [-0.25, -0.2) is 0 Å². The normalized spacial score (nSPS) is 15.9. The van der Waals surface area contributed by atoms with E-state index < -0.39 is 11.4 Å². The second-order valence-electron chi connectivity index (χ2n) is 7.21. The predicted octanol–water partition coefficient (Wildman–Crippen LogP) is 3.06. The molecule has 4 N–H and O–H groups in total. The number of carbonyl (C=O) groups is 2. The number of carboxylic acids is 1. The van der Waals surface area contributed by atoms with Crippen LogP contribution in [0.15, 0.2) is 48.5 Å². The van der Waals surface area contributed by atoms with Crippen LogP contribution in [0.1, 0.15) is 43.7 Å². The Morgan fingerprint density at radius 3 is 2.00 bits per heavy atom. The average molecular weight is 366 g/mol. The van der Waals surface area contributed by atoms with Crippen LogP contribution in [0.25, 0.3) is 11.1 Å². The van der Waals surface area contributed by atoms with Gasteiger partial charge in [0.05, 0.1) is 5.41 Å². The highest BCUT2D eigenvalue weighted by Gasteiger charge is 2.47. The highest BCUT2D eigenvalue weighted by Crippen LogP contribution is 2.50. The summed E-state index contributed by atoms with van der Waals surface area (Å²) in [5.74, 6) is -1.07. The third-order valence-electron chi connectivity index (χ3n) is 5.22. The van der Waals surface area contributed by atoms with E-state index in [9.17, 15) is 4.79 Å². The van der Waals surface area contributed by atoms with E-state index in [1.807, 2.05) is 24.3 Å². The molecule has 0 spiro atoms. The van der Waals surface area contributed by atoms with Crippen molar-refractivity contribution in [1.82, 2.24) is 5.32 Å². The molecule has 1 amide bonds. The Hall–Kier alpha value is -2.66. The number of carboxylic acid groups (broad SMARTS) is 1. The van der Waals surface area contributed by atoms with Gasteiger partial charge in [0.15, 0.2) is 0 Å². The number of carbonyl (C=O) groups excluding carboxylic acids is 1. The number of hydrogen-bond donors (Lipinski definition) is 3. The fraction of sp³-hybridized carbons (Fsp3) is 0.364. The van der Waals surface area contributed by atoms with Crippen LogP contribution < -0.4 is 11.1 Å². The van der Waals surface area contributed by atoms with Crippen LogP contribution in [0.2, 0.25) is 0 Å². The minimum atomic E-state index is -0.833. The Labute approximate surface area is 159 Å². The van der Waals surface area contributed by atoms with Gasteiger partial charge in [0.2, 0.25) is 5.91 Å². The molecule has 2 aromatic rings. The lowest BCUT2D eigenvalue weighted by atomic mass is 9.74. The van der Waals surface area contributed by atoms with Gasteiger partial charge in [-0.1, -0.05) is 48.5 Å². The van der Waals surface area contributed by atoms with E-state index >= 15 is 0 Å². The molecule has 0 heterocycles. The lowest BCUT2D eigenvalue weighted by Crippen LogP contribution is -2.41. The Morgan fingerprint density at radius 1 is 1.07 bits per heavy atom. The summed E-state index contributed by atoms with van der Waals surface area (Å²) in [4.78, 5) is 21.6. The van der Waals surface area contributed by atoms with Crippen LogP contribution in [0, 0.1) is 0 Å². The number of aliphatic carboxylic acids is 1. The molecule has 27 heavy (non-hydrogen) atoms. The molecule has 0 atom stereocenters. The van der Waals surface area contributed by atoms with Crippen molar-refractivity contribution >= 4 is 11.9 Å². The van der Waals surface area contributed by atoms with Crippen LogP contribution in [0.3, 0.4) is 0 Å². The van der Waals surface area contributed by atoms with Gasteiger partial charge in [-0.05, 0) is 54.5 Å². The number of hydrogen-bond acceptors (Lipinski definition) is 3. The maximum absolute atomic E-state index is 12.6. The van der Waals surface area contributed by atoms with Gasteiger partial charge in [0.25, 0.3) is 5.97 Å². The minimum absolute atomic E-state index is 0.235. The zero-order chi connectivity index (χ0) is 19.4. The fourth-order valence-electron chi connectivity index (χ4n) is 3.93. The fourth-order valence-corrected chi connectivity index (χ4v) is 3.93. The summed E-state index contributed by atoms with van der Waals surface area (Å²) in [6.07, 6.45) is 4.28. The van der Waals surface area contributed by atoms with Gasteiger partial charge in [-0.2, -0.15) is 0 Å². The largest absolute Gasteiger partial charge is 0.481 e. The SMILES string of the molecule is CC(=O)O.NC(=O)C1(CCCNC2CC2)c2ccccc2-c2ccccc21. The summed E-state index contributed by atoms with van der Waals surface area (Å²) in [6.45, 7) is 2.03. The molecule has 2 aromatic carbocycles. The molecule has 1 fully saturated rings. The van der Waals surface area contributed by atoms with Crippen molar-refractivity contribution in [2.24, 2.45) is 5.73 Å². The molecule has 0 bridgehead atoms. The number of fused-ring (bicyclic) bond motifs is 3. The van der Waals surface area contributed by atoms with Crippen molar-refractivity contribution < 1.29 is 14.7 Å². The molecule has 0 aliphatic heterocycles. The zero-order valence-electron chi connectivity index (χ0n) is 15.6. The first-order valence-corrected chi connectivity index (χ1v) is 9.39. The summed E-state index contributed by atoms with van der Waals surface area (Å²) in [5, 5.41) is 10.9. The predicted molar refractivity (Wildman–Crippen MR) is 105 cm³/mol. The summed E-state index contributed by atoms with van der Waals surface area (Å²) in [6, 6.07) is 17.1. The average Bonchev–Trinajstić information content (AvgIpc) is 3.41. The lowest BCUT2D eigenvalue weighted by Gasteiger charge is -2.28. The molecule has 4 rings (SSSR count). The number of amides is 1. The smallest absolute Gasteiger partial charge is 0.300 e. The van der Waals surface area contributed by atoms with Crippen LogP contribution >= 0.6 is 0 Å². The first-order chi connectivity index (χ1) is 13.0. The number of rotatable bonds is 6. The molecule has 5 heteroatoms. The maximum Gasteiger partial charge on any atom is 0.300 e. The monoisotopic (exact) mass is 366 g/mol. The molecule has 2 aliphatic rings. The standard InChI is InChI=1S/C20H22N2O.C2H4O2/c21-19(23)20(12-5-13-22-14-10-11-14)17-8-3-1-6-15(17)16-7-2-4-9-18(16)20;1-2(3)4/h1-4,6-9,14,22H,5,10-13H2,(H2,21,23);1H3,(H,3,4). The van der Waals surface area contributed by atoms with E-state index in [1.165, 1.54) is 12.8 Å². The summed E-state index contributed by atoms with van der Waals surface area (Å²) in [5.41, 5.74) is 9.71. The highest BCUT2D eigenvalue weighted by atomic mass is 16.4. The highest BCUT2D eigenvalue weighted by molar-refractivity contribution is 5.99. The first kappa shape index (κ1) is 19.1. The number of nitrogens with one attached hydrogen (secondary N) is 1. The third kappa shape index (κ3) is 3.88. The van der Waals surface area contributed by atoms with Crippen LogP contribution in [0.4, 0.5) is 0 Å². The van der Waals surface area contributed by atoms with E-state index in [1.54, 1.807) is 0 Å². The second-order valence-corrected chi connectivity index (χ2v) is 7.21. The molecule has 0 saturated heterocycles. The lowest BCUT2D eigenvalue weighted by molar-refractivity contribution is -0.134. The number of nitrogens with two attached hydrogens (primary N) is 1. The van der Waals surface area contributed by atoms with Gasteiger partial charge in [-0.15, -0.1) is 0 Å². The van der Waals surface area contributed by atoms with Crippen molar-refractivity contribution in [3.05, 3.63) is 59.7 Å². The van der Waals surface area contributed by atoms with Crippen LogP contribution in [0.5, 0.6) is 0 Å². The quantitative estimate of drug-likeness (QED) is 0.685. The van der Waals surface area contributed by atoms with Crippen LogP contribution in [-0.4, -0.2) is 29.6 Å². The summed E-state index contributed by atoms with van der Waals surface area (Å²) >= 11 is 0. The Bertz CT molecular complexity index is 793. The minimum Gasteiger partial charge on any atom is -0.481 e. The molecular weight excluding hydrogens is 340 g/mol. The molecule has 0 aromatic heterocycles. The Kier molecular flexibility index (Phi) is 5.61. The van der Waals surface area contributed by atoms with Gasteiger partial charge < -0.3 is 16.2 Å². The van der Waals surface area contributed by atoms with Crippen molar-refractivity contribution in [3.8, 4) is 11.1 Å². The topological polar surface area (TPSA) is 92.4 Å². The molecule has 2 aliphatic carbocycles. The molecule has 5 nitrogen and oxygen atoms in total. The second kappa shape index (κ2) is 7.92. The Balaban J connectivity index is 0.000000481. The van der Waals surface area contributed by atoms with Crippen molar-refractivity contribution in [3.63, 3.8) is 0 Å². The zero-order valence-corrected chi connectivity index (χ0v) is 15.6. The maximum atomic E-state index is 12.6. The summed E-state index contributed by atoms with van der Waals surface area (Å²) < 4.78 is 0. The van der Waals surface area contributed by atoms with E-state index in [2.05, 4.69) is 29.6 Å². The molecular formula is C22H26N2O3. The van der Waals surface area contributed by atoms with Crippen molar-refractivity contribution in [2.75, 3.05) is 6.54 Å². The van der Waals surface area contributed by atoms with E-state index in [0.29, 0.717) is 6.04 Å². The van der Waals surface area contributed by atoms with Crippen molar-refractivity contribution in [1.29, 1.82) is 0 Å². The first-order valence-electron chi connectivity index (χ1n) is 9.39. The number of benzene rings is 2. The van der Waals surface area contributed by atoms with Crippen LogP contribution in [-0.2, 0) is 15.0 Å². The molecule has 1 saturated carbocycles.